The molecule has 20 heavy (non-hydrogen) atoms. The standard InChI is InChI=1S/C18H30N2/c1-18(2,3)12-15(13-19)14-20-11-7-6-9-16-8-4-5-10-17(16)20/h4-5,8,10,15H,6-7,9,11-14,19H2,1-3H3. The van der Waals surface area contributed by atoms with Crippen molar-refractivity contribution in [3.8, 4) is 0 Å². The Morgan fingerprint density at radius 1 is 1.20 bits per heavy atom. The molecule has 0 saturated heterocycles. The summed E-state index contributed by atoms with van der Waals surface area (Å²) >= 11 is 0. The molecule has 1 aliphatic heterocycles. The molecular weight excluding hydrogens is 244 g/mol. The van der Waals surface area contributed by atoms with E-state index in [9.17, 15) is 0 Å². The number of rotatable bonds is 4. The SMILES string of the molecule is CC(C)(C)CC(CN)CN1CCCCc2ccccc21. The third-order valence-corrected chi connectivity index (χ3v) is 4.17. The van der Waals surface area contributed by atoms with Crippen molar-refractivity contribution in [2.24, 2.45) is 17.1 Å². The summed E-state index contributed by atoms with van der Waals surface area (Å²) in [5.41, 5.74) is 9.34. The fourth-order valence-corrected chi connectivity index (χ4v) is 3.36. The minimum atomic E-state index is 0.357. The van der Waals surface area contributed by atoms with Crippen molar-refractivity contribution in [2.45, 2.75) is 46.5 Å². The van der Waals surface area contributed by atoms with Crippen molar-refractivity contribution in [3.05, 3.63) is 29.8 Å². The van der Waals surface area contributed by atoms with Gasteiger partial charge in [0.2, 0.25) is 0 Å². The predicted octanol–water partition coefficient (Wildman–Crippen LogP) is 3.84. The zero-order chi connectivity index (χ0) is 14.6. The Bertz CT molecular complexity index is 420. The lowest BCUT2D eigenvalue weighted by Crippen LogP contribution is -2.35. The summed E-state index contributed by atoms with van der Waals surface area (Å²) in [6.07, 6.45) is 5.02. The highest BCUT2D eigenvalue weighted by Gasteiger charge is 2.22. The number of hydrogen-bond donors (Lipinski definition) is 1. The molecule has 0 aliphatic carbocycles. The van der Waals surface area contributed by atoms with Gasteiger partial charge in [0.15, 0.2) is 0 Å². The molecule has 0 saturated carbocycles. The molecule has 2 rings (SSSR count). The van der Waals surface area contributed by atoms with Crippen LogP contribution in [0.15, 0.2) is 24.3 Å². The summed E-state index contributed by atoms with van der Waals surface area (Å²) in [6, 6.07) is 8.90. The van der Waals surface area contributed by atoms with E-state index < -0.39 is 0 Å². The second kappa shape index (κ2) is 6.62. The van der Waals surface area contributed by atoms with Gasteiger partial charge in [0.05, 0.1) is 0 Å². The van der Waals surface area contributed by atoms with E-state index in [0.29, 0.717) is 11.3 Å². The minimum absolute atomic E-state index is 0.357. The van der Waals surface area contributed by atoms with Gasteiger partial charge in [-0.05, 0) is 55.2 Å². The fourth-order valence-electron chi connectivity index (χ4n) is 3.36. The van der Waals surface area contributed by atoms with Gasteiger partial charge in [0.25, 0.3) is 0 Å². The molecule has 0 spiro atoms. The van der Waals surface area contributed by atoms with Crippen LogP contribution in [0.25, 0.3) is 0 Å². The van der Waals surface area contributed by atoms with Crippen LogP contribution in [0, 0.1) is 11.3 Å². The summed E-state index contributed by atoms with van der Waals surface area (Å²) < 4.78 is 0. The highest BCUT2D eigenvalue weighted by atomic mass is 15.1. The Morgan fingerprint density at radius 2 is 1.95 bits per heavy atom. The minimum Gasteiger partial charge on any atom is -0.371 e. The number of benzene rings is 1. The van der Waals surface area contributed by atoms with Crippen molar-refractivity contribution >= 4 is 5.69 Å². The van der Waals surface area contributed by atoms with E-state index in [1.165, 1.54) is 43.5 Å². The first kappa shape index (κ1) is 15.4. The molecule has 1 atom stereocenters. The molecule has 0 amide bonds. The van der Waals surface area contributed by atoms with E-state index in [4.69, 9.17) is 5.73 Å². The summed E-state index contributed by atoms with van der Waals surface area (Å²) in [7, 11) is 0. The van der Waals surface area contributed by atoms with Gasteiger partial charge < -0.3 is 10.6 Å². The first-order valence-electron chi connectivity index (χ1n) is 8.02. The maximum absolute atomic E-state index is 6.03. The number of aryl methyl sites for hydroxylation is 1. The normalized spacial score (nSPS) is 17.5. The number of hydrogen-bond acceptors (Lipinski definition) is 2. The van der Waals surface area contributed by atoms with Crippen LogP contribution in [-0.2, 0) is 6.42 Å². The van der Waals surface area contributed by atoms with E-state index in [1.54, 1.807) is 0 Å². The van der Waals surface area contributed by atoms with Crippen LogP contribution in [0.5, 0.6) is 0 Å². The molecule has 1 aliphatic rings. The maximum atomic E-state index is 6.03. The van der Waals surface area contributed by atoms with Gasteiger partial charge >= 0.3 is 0 Å². The molecular formula is C18H30N2. The molecule has 2 heteroatoms. The Kier molecular flexibility index (Phi) is 5.09. The molecule has 112 valence electrons. The monoisotopic (exact) mass is 274 g/mol. The van der Waals surface area contributed by atoms with E-state index in [-0.39, 0.29) is 0 Å². The van der Waals surface area contributed by atoms with Crippen LogP contribution in [0.1, 0.15) is 45.6 Å². The van der Waals surface area contributed by atoms with Gasteiger partial charge in [-0.3, -0.25) is 0 Å². The zero-order valence-corrected chi connectivity index (χ0v) is 13.4. The average molecular weight is 274 g/mol. The summed E-state index contributed by atoms with van der Waals surface area (Å²) in [5, 5.41) is 0. The van der Waals surface area contributed by atoms with Gasteiger partial charge in [-0.25, -0.2) is 0 Å². The van der Waals surface area contributed by atoms with Gasteiger partial charge in [0.1, 0.15) is 0 Å². The average Bonchev–Trinajstić information content (AvgIpc) is 2.59. The largest absolute Gasteiger partial charge is 0.371 e. The van der Waals surface area contributed by atoms with Crippen molar-refractivity contribution in [2.75, 3.05) is 24.5 Å². The fraction of sp³-hybridized carbons (Fsp3) is 0.667. The molecule has 0 aromatic heterocycles. The number of nitrogens with two attached hydrogens (primary N) is 1. The second-order valence-electron chi connectivity index (χ2n) is 7.40. The molecule has 1 heterocycles. The van der Waals surface area contributed by atoms with Crippen LogP contribution in [0.2, 0.25) is 0 Å². The smallest absolute Gasteiger partial charge is 0.0398 e. The predicted molar refractivity (Wildman–Crippen MR) is 88.2 cm³/mol. The van der Waals surface area contributed by atoms with Crippen LogP contribution < -0.4 is 10.6 Å². The lowest BCUT2D eigenvalue weighted by Gasteiger charge is -2.32. The van der Waals surface area contributed by atoms with E-state index in [0.717, 1.165) is 13.1 Å². The van der Waals surface area contributed by atoms with Crippen molar-refractivity contribution in [1.82, 2.24) is 0 Å². The Balaban J connectivity index is 2.11. The maximum Gasteiger partial charge on any atom is 0.0398 e. The lowest BCUT2D eigenvalue weighted by molar-refractivity contribution is 0.298. The Morgan fingerprint density at radius 3 is 2.65 bits per heavy atom. The van der Waals surface area contributed by atoms with E-state index >= 15 is 0 Å². The van der Waals surface area contributed by atoms with Gasteiger partial charge in [-0.15, -0.1) is 0 Å². The van der Waals surface area contributed by atoms with Crippen molar-refractivity contribution < 1.29 is 0 Å². The highest BCUT2D eigenvalue weighted by molar-refractivity contribution is 5.54. The molecule has 1 aromatic carbocycles. The van der Waals surface area contributed by atoms with Crippen LogP contribution >= 0.6 is 0 Å². The summed E-state index contributed by atoms with van der Waals surface area (Å²) in [6.45, 7) is 10.0. The molecule has 0 fully saturated rings. The topological polar surface area (TPSA) is 29.3 Å². The number of anilines is 1. The van der Waals surface area contributed by atoms with Gasteiger partial charge in [-0.1, -0.05) is 39.0 Å². The van der Waals surface area contributed by atoms with Gasteiger partial charge in [0, 0.05) is 18.8 Å². The first-order valence-corrected chi connectivity index (χ1v) is 8.02. The Hall–Kier alpha value is -1.02. The van der Waals surface area contributed by atoms with E-state index in [2.05, 4.69) is 49.9 Å². The van der Waals surface area contributed by atoms with Gasteiger partial charge in [-0.2, -0.15) is 0 Å². The van der Waals surface area contributed by atoms with Crippen molar-refractivity contribution in [1.29, 1.82) is 0 Å². The van der Waals surface area contributed by atoms with Crippen molar-refractivity contribution in [3.63, 3.8) is 0 Å². The van der Waals surface area contributed by atoms with E-state index in [1.807, 2.05) is 0 Å². The quantitative estimate of drug-likeness (QED) is 0.904. The summed E-state index contributed by atoms with van der Waals surface area (Å²) in [4.78, 5) is 2.58. The number of fused-ring (bicyclic) bond motifs is 1. The third kappa shape index (κ3) is 4.24. The highest BCUT2D eigenvalue weighted by Crippen LogP contribution is 2.29. The molecule has 0 bridgehead atoms. The van der Waals surface area contributed by atoms with Crippen LogP contribution in [0.3, 0.4) is 0 Å². The molecule has 1 unspecified atom stereocenters. The number of para-hydroxylation sites is 1. The molecule has 0 radical (unpaired) electrons. The first-order chi connectivity index (χ1) is 9.49. The molecule has 1 aromatic rings. The molecule has 2 N–H and O–H groups in total. The van der Waals surface area contributed by atoms with Crippen LogP contribution in [-0.4, -0.2) is 19.6 Å². The number of nitrogens with zero attached hydrogens (tertiary/aromatic N) is 1. The zero-order valence-electron chi connectivity index (χ0n) is 13.4. The second-order valence-corrected chi connectivity index (χ2v) is 7.40. The molecule has 2 nitrogen and oxygen atoms in total. The lowest BCUT2D eigenvalue weighted by atomic mass is 9.84. The summed E-state index contributed by atoms with van der Waals surface area (Å²) in [5.74, 6) is 0.584. The third-order valence-electron chi connectivity index (χ3n) is 4.17. The van der Waals surface area contributed by atoms with Crippen LogP contribution in [0.4, 0.5) is 5.69 Å². The Labute approximate surface area is 124 Å².